The number of ether oxygens (including phenoxy) is 1. The van der Waals surface area contributed by atoms with Gasteiger partial charge in [0, 0.05) is 43.3 Å². The molecule has 1 aliphatic heterocycles. The number of nitrogens with one attached hydrogen (secondary N) is 1. The van der Waals surface area contributed by atoms with Crippen molar-refractivity contribution in [2.75, 3.05) is 26.3 Å². The van der Waals surface area contributed by atoms with Crippen LogP contribution in [0.2, 0.25) is 5.02 Å². The van der Waals surface area contributed by atoms with Gasteiger partial charge in [-0.05, 0) is 18.4 Å². The summed E-state index contributed by atoms with van der Waals surface area (Å²) in [6, 6.07) is 8.26. The van der Waals surface area contributed by atoms with Crippen LogP contribution in [0.25, 0.3) is 10.9 Å². The van der Waals surface area contributed by atoms with E-state index < -0.39 is 0 Å². The molecule has 1 saturated heterocycles. The SMILES string of the molecule is Clc1cn(CCNCC2CCOC2)c2ccccc12. The number of nitrogens with zero attached hydrogens (tertiary/aromatic N) is 1. The van der Waals surface area contributed by atoms with E-state index in [2.05, 4.69) is 28.1 Å². The normalized spacial score (nSPS) is 19.3. The van der Waals surface area contributed by atoms with Crippen molar-refractivity contribution in [1.29, 1.82) is 0 Å². The average Bonchev–Trinajstić information content (AvgIpc) is 3.04. The molecule has 1 N–H and O–H groups in total. The monoisotopic (exact) mass is 278 g/mol. The Bertz CT molecular complexity index is 546. The number of aromatic nitrogens is 1. The van der Waals surface area contributed by atoms with Crippen molar-refractivity contribution in [2.24, 2.45) is 5.92 Å². The molecule has 1 unspecified atom stereocenters. The summed E-state index contributed by atoms with van der Waals surface area (Å²) in [7, 11) is 0. The van der Waals surface area contributed by atoms with Crippen LogP contribution in [0.3, 0.4) is 0 Å². The first-order valence-electron chi connectivity index (χ1n) is 6.86. The zero-order chi connectivity index (χ0) is 13.1. The third-order valence-corrected chi connectivity index (χ3v) is 4.03. The van der Waals surface area contributed by atoms with Crippen LogP contribution in [0.4, 0.5) is 0 Å². The van der Waals surface area contributed by atoms with Crippen LogP contribution in [-0.2, 0) is 11.3 Å². The van der Waals surface area contributed by atoms with Gasteiger partial charge >= 0.3 is 0 Å². The predicted molar refractivity (Wildman–Crippen MR) is 78.7 cm³/mol. The van der Waals surface area contributed by atoms with E-state index in [0.717, 1.165) is 43.3 Å². The van der Waals surface area contributed by atoms with Gasteiger partial charge in [-0.3, -0.25) is 0 Å². The maximum atomic E-state index is 6.24. The maximum absolute atomic E-state index is 6.24. The third kappa shape index (κ3) is 2.94. The summed E-state index contributed by atoms with van der Waals surface area (Å²) in [5.74, 6) is 0.685. The molecule has 0 radical (unpaired) electrons. The lowest BCUT2D eigenvalue weighted by Gasteiger charge is -2.10. The molecule has 0 aliphatic carbocycles. The Morgan fingerprint density at radius 1 is 1.37 bits per heavy atom. The highest BCUT2D eigenvalue weighted by atomic mass is 35.5. The van der Waals surface area contributed by atoms with Crippen molar-refractivity contribution >= 4 is 22.5 Å². The zero-order valence-corrected chi connectivity index (χ0v) is 11.7. The summed E-state index contributed by atoms with van der Waals surface area (Å²) in [6.45, 7) is 4.79. The molecule has 1 atom stereocenters. The van der Waals surface area contributed by atoms with Crippen molar-refractivity contribution < 1.29 is 4.74 Å². The second-order valence-corrected chi connectivity index (χ2v) is 5.53. The van der Waals surface area contributed by atoms with E-state index in [9.17, 15) is 0 Å². The molecule has 1 aromatic heterocycles. The van der Waals surface area contributed by atoms with Gasteiger partial charge < -0.3 is 14.6 Å². The number of hydrogen-bond acceptors (Lipinski definition) is 2. The summed E-state index contributed by atoms with van der Waals surface area (Å²) >= 11 is 6.24. The van der Waals surface area contributed by atoms with Crippen LogP contribution in [0.15, 0.2) is 30.5 Å². The topological polar surface area (TPSA) is 26.2 Å². The molecule has 0 bridgehead atoms. The molecule has 3 nitrogen and oxygen atoms in total. The smallest absolute Gasteiger partial charge is 0.0661 e. The molecule has 1 aromatic carbocycles. The fourth-order valence-electron chi connectivity index (χ4n) is 2.64. The second-order valence-electron chi connectivity index (χ2n) is 5.12. The highest BCUT2D eigenvalue weighted by Crippen LogP contribution is 2.25. The van der Waals surface area contributed by atoms with Gasteiger partial charge in [-0.2, -0.15) is 0 Å². The lowest BCUT2D eigenvalue weighted by atomic mass is 10.1. The van der Waals surface area contributed by atoms with Crippen LogP contribution in [-0.4, -0.2) is 30.9 Å². The summed E-state index contributed by atoms with van der Waals surface area (Å²) < 4.78 is 7.59. The van der Waals surface area contributed by atoms with Gasteiger partial charge in [0.15, 0.2) is 0 Å². The first kappa shape index (κ1) is 13.0. The molecule has 2 aromatic rings. The van der Waals surface area contributed by atoms with Gasteiger partial charge in [-0.1, -0.05) is 29.8 Å². The van der Waals surface area contributed by atoms with Crippen LogP contribution < -0.4 is 5.32 Å². The predicted octanol–water partition coefficient (Wildman–Crippen LogP) is 2.92. The number of fused-ring (bicyclic) bond motifs is 1. The number of para-hydroxylation sites is 1. The molecular formula is C15H19ClN2O. The first-order chi connectivity index (χ1) is 9.34. The van der Waals surface area contributed by atoms with E-state index >= 15 is 0 Å². The second kappa shape index (κ2) is 5.95. The average molecular weight is 279 g/mol. The zero-order valence-electron chi connectivity index (χ0n) is 10.9. The molecule has 2 heterocycles. The summed E-state index contributed by atoms with van der Waals surface area (Å²) in [4.78, 5) is 0. The molecule has 1 aliphatic rings. The van der Waals surface area contributed by atoms with E-state index in [0.29, 0.717) is 5.92 Å². The van der Waals surface area contributed by atoms with Crippen molar-refractivity contribution in [2.45, 2.75) is 13.0 Å². The van der Waals surface area contributed by atoms with E-state index in [1.54, 1.807) is 0 Å². The molecule has 3 rings (SSSR count). The Balaban J connectivity index is 1.56. The van der Waals surface area contributed by atoms with Crippen molar-refractivity contribution in [3.63, 3.8) is 0 Å². The van der Waals surface area contributed by atoms with Crippen molar-refractivity contribution in [3.05, 3.63) is 35.5 Å². The van der Waals surface area contributed by atoms with Crippen LogP contribution in [0.5, 0.6) is 0 Å². The Hall–Kier alpha value is -1.03. The van der Waals surface area contributed by atoms with Crippen LogP contribution in [0, 0.1) is 5.92 Å². The third-order valence-electron chi connectivity index (χ3n) is 3.73. The highest BCUT2D eigenvalue weighted by molar-refractivity contribution is 6.35. The van der Waals surface area contributed by atoms with E-state index in [4.69, 9.17) is 16.3 Å². The summed E-state index contributed by atoms with van der Waals surface area (Å²) in [5, 5.41) is 5.47. The molecule has 4 heteroatoms. The fourth-order valence-corrected chi connectivity index (χ4v) is 2.91. The summed E-state index contributed by atoms with van der Waals surface area (Å²) in [5.41, 5.74) is 1.21. The maximum Gasteiger partial charge on any atom is 0.0661 e. The largest absolute Gasteiger partial charge is 0.381 e. The number of hydrogen-bond donors (Lipinski definition) is 1. The van der Waals surface area contributed by atoms with Gasteiger partial charge in [-0.15, -0.1) is 0 Å². The minimum Gasteiger partial charge on any atom is -0.381 e. The Morgan fingerprint density at radius 2 is 2.26 bits per heavy atom. The number of rotatable bonds is 5. The van der Waals surface area contributed by atoms with E-state index in [-0.39, 0.29) is 0 Å². The number of benzene rings is 1. The summed E-state index contributed by atoms with van der Waals surface area (Å²) in [6.07, 6.45) is 3.21. The van der Waals surface area contributed by atoms with Gasteiger partial charge in [0.1, 0.15) is 0 Å². The van der Waals surface area contributed by atoms with Crippen LogP contribution in [0.1, 0.15) is 6.42 Å². The molecule has 0 amide bonds. The lowest BCUT2D eigenvalue weighted by Crippen LogP contribution is -2.26. The van der Waals surface area contributed by atoms with Crippen LogP contribution >= 0.6 is 11.6 Å². The van der Waals surface area contributed by atoms with E-state index in [1.165, 1.54) is 11.9 Å². The quantitative estimate of drug-likeness (QED) is 0.851. The lowest BCUT2D eigenvalue weighted by molar-refractivity contribution is 0.185. The molecule has 19 heavy (non-hydrogen) atoms. The fraction of sp³-hybridized carbons (Fsp3) is 0.467. The van der Waals surface area contributed by atoms with E-state index in [1.807, 2.05) is 12.3 Å². The molecular weight excluding hydrogens is 260 g/mol. The Labute approximate surface area is 118 Å². The van der Waals surface area contributed by atoms with Gasteiger partial charge in [-0.25, -0.2) is 0 Å². The number of halogens is 1. The molecule has 0 saturated carbocycles. The Morgan fingerprint density at radius 3 is 3.11 bits per heavy atom. The highest BCUT2D eigenvalue weighted by Gasteiger charge is 2.14. The standard InChI is InChI=1S/C15H19ClN2O/c16-14-10-18(15-4-2-1-3-13(14)15)7-6-17-9-12-5-8-19-11-12/h1-4,10,12,17H,5-9,11H2. The molecule has 0 spiro atoms. The minimum atomic E-state index is 0.685. The first-order valence-corrected chi connectivity index (χ1v) is 7.24. The van der Waals surface area contributed by atoms with Gasteiger partial charge in [0.25, 0.3) is 0 Å². The molecule has 1 fully saturated rings. The molecule has 102 valence electrons. The Kier molecular flexibility index (Phi) is 4.06. The van der Waals surface area contributed by atoms with Gasteiger partial charge in [0.05, 0.1) is 11.6 Å². The van der Waals surface area contributed by atoms with Crippen molar-refractivity contribution in [1.82, 2.24) is 9.88 Å². The van der Waals surface area contributed by atoms with Gasteiger partial charge in [0.2, 0.25) is 0 Å². The van der Waals surface area contributed by atoms with Crippen molar-refractivity contribution in [3.8, 4) is 0 Å². The minimum absolute atomic E-state index is 0.685.